The van der Waals surface area contributed by atoms with Crippen molar-refractivity contribution in [3.05, 3.63) is 29.5 Å². The lowest BCUT2D eigenvalue weighted by atomic mass is 10.1. The molecule has 8 nitrogen and oxygen atoms in total. The molecule has 30 heavy (non-hydrogen) atoms. The fourth-order valence-electron chi connectivity index (χ4n) is 3.58. The first-order chi connectivity index (χ1) is 14.2. The van der Waals surface area contributed by atoms with E-state index >= 15 is 0 Å². The van der Waals surface area contributed by atoms with Crippen molar-refractivity contribution in [2.75, 3.05) is 19.7 Å². The van der Waals surface area contributed by atoms with Crippen molar-refractivity contribution in [1.82, 2.24) is 10.1 Å². The predicted octanol–water partition coefficient (Wildman–Crippen LogP) is 3.80. The molecule has 1 aromatic carbocycles. The number of carboxylic acid groups (broad SMARTS) is 1. The van der Waals surface area contributed by atoms with Gasteiger partial charge in [0.2, 0.25) is 0 Å². The highest BCUT2D eigenvalue weighted by molar-refractivity contribution is 5.85. The Balaban J connectivity index is 1.42. The van der Waals surface area contributed by atoms with E-state index in [1.807, 2.05) is 39.0 Å². The summed E-state index contributed by atoms with van der Waals surface area (Å²) in [6.45, 7) is 7.50. The fraction of sp³-hybridized carbons (Fsp3) is 0.591. The number of carbonyl (C=O) groups is 2. The van der Waals surface area contributed by atoms with Crippen molar-refractivity contribution in [2.45, 2.75) is 64.6 Å². The Kier molecular flexibility index (Phi) is 6.97. The Bertz CT molecular complexity index is 877. The van der Waals surface area contributed by atoms with Gasteiger partial charge in [0.1, 0.15) is 11.3 Å². The molecule has 0 radical (unpaired) electrons. The van der Waals surface area contributed by atoms with Crippen molar-refractivity contribution in [3.63, 3.8) is 0 Å². The summed E-state index contributed by atoms with van der Waals surface area (Å²) in [6.07, 6.45) is 2.91. The van der Waals surface area contributed by atoms with Gasteiger partial charge in [-0.15, -0.1) is 0 Å². The third-order valence-corrected chi connectivity index (χ3v) is 5.01. The molecule has 0 saturated carbocycles. The quantitative estimate of drug-likeness (QED) is 0.682. The summed E-state index contributed by atoms with van der Waals surface area (Å²) in [5, 5.41) is 13.6. The number of aliphatic carboxylic acids is 1. The maximum Gasteiger partial charge on any atom is 0.410 e. The molecule has 1 saturated heterocycles. The minimum absolute atomic E-state index is 0.145. The van der Waals surface area contributed by atoms with E-state index < -0.39 is 11.6 Å². The summed E-state index contributed by atoms with van der Waals surface area (Å²) in [5.74, 6) is -0.929. The van der Waals surface area contributed by atoms with Crippen LogP contribution in [0.25, 0.3) is 11.0 Å². The van der Waals surface area contributed by atoms with Gasteiger partial charge in [-0.05, 0) is 58.1 Å². The van der Waals surface area contributed by atoms with Gasteiger partial charge in [-0.3, -0.25) is 4.79 Å². The van der Waals surface area contributed by atoms with Crippen LogP contribution in [0.1, 0.15) is 51.3 Å². The molecular weight excluding hydrogens is 388 g/mol. The van der Waals surface area contributed by atoms with Crippen molar-refractivity contribution in [2.24, 2.45) is 0 Å². The van der Waals surface area contributed by atoms with Crippen LogP contribution in [0, 0.1) is 0 Å². The van der Waals surface area contributed by atoms with Crippen LogP contribution in [0.15, 0.2) is 22.7 Å². The number of aromatic nitrogens is 1. The van der Waals surface area contributed by atoms with Crippen molar-refractivity contribution in [1.29, 1.82) is 0 Å². The molecular formula is C22H30N2O6. The number of aryl methyl sites for hydroxylation is 1. The second kappa shape index (κ2) is 9.47. The molecule has 1 aliphatic rings. The van der Waals surface area contributed by atoms with E-state index in [1.165, 1.54) is 0 Å². The normalized spacial score (nSPS) is 15.5. The van der Waals surface area contributed by atoms with Gasteiger partial charge in [0.15, 0.2) is 5.58 Å². The van der Waals surface area contributed by atoms with E-state index in [4.69, 9.17) is 19.1 Å². The summed E-state index contributed by atoms with van der Waals surface area (Å²) in [6, 6.07) is 5.70. The number of amides is 1. The van der Waals surface area contributed by atoms with E-state index in [0.717, 1.165) is 36.6 Å². The molecule has 0 atom stereocenters. The number of hydrogen-bond acceptors (Lipinski definition) is 6. The highest BCUT2D eigenvalue weighted by Gasteiger charge is 2.27. The average molecular weight is 418 g/mol. The lowest BCUT2D eigenvalue weighted by molar-refractivity contribution is -0.136. The van der Waals surface area contributed by atoms with Gasteiger partial charge in [-0.2, -0.15) is 0 Å². The molecule has 1 aromatic heterocycles. The first-order valence-corrected chi connectivity index (χ1v) is 10.4. The minimum Gasteiger partial charge on any atom is -0.481 e. The highest BCUT2D eigenvalue weighted by atomic mass is 16.6. The smallest absolute Gasteiger partial charge is 0.410 e. The van der Waals surface area contributed by atoms with Crippen LogP contribution < -0.4 is 0 Å². The standard InChI is InChI=1S/C22H30N2O6/c1-22(2,3)29-21(27)24-11-9-16(10-12-24)28-13-5-7-15-6-4-8-17-18(14-19(25)26)23-30-20(15)17/h4,6,8,16H,5,7,9-14H2,1-3H3,(H,25,26). The molecule has 2 heterocycles. The molecule has 0 spiro atoms. The molecule has 3 rings (SSSR count). The van der Waals surface area contributed by atoms with Crippen LogP contribution in [0.3, 0.4) is 0 Å². The largest absolute Gasteiger partial charge is 0.481 e. The molecule has 0 unspecified atom stereocenters. The Morgan fingerprint density at radius 3 is 2.67 bits per heavy atom. The van der Waals surface area contributed by atoms with E-state index in [0.29, 0.717) is 31.0 Å². The van der Waals surface area contributed by atoms with Gasteiger partial charge in [-0.25, -0.2) is 4.79 Å². The number of benzene rings is 1. The molecule has 2 aromatic rings. The monoisotopic (exact) mass is 418 g/mol. The molecule has 1 amide bonds. The summed E-state index contributed by atoms with van der Waals surface area (Å²) in [4.78, 5) is 24.8. The Hall–Kier alpha value is -2.61. The summed E-state index contributed by atoms with van der Waals surface area (Å²) < 4.78 is 16.8. The zero-order chi connectivity index (χ0) is 21.7. The second-order valence-corrected chi connectivity index (χ2v) is 8.63. The van der Waals surface area contributed by atoms with Gasteiger partial charge in [0.25, 0.3) is 0 Å². The van der Waals surface area contributed by atoms with E-state index in [-0.39, 0.29) is 18.6 Å². The molecule has 1 aliphatic heterocycles. The first kappa shape index (κ1) is 22.1. The van der Waals surface area contributed by atoms with Crippen molar-refractivity contribution >= 4 is 23.0 Å². The lowest BCUT2D eigenvalue weighted by Gasteiger charge is -2.33. The van der Waals surface area contributed by atoms with Gasteiger partial charge >= 0.3 is 12.1 Å². The number of para-hydroxylation sites is 1. The van der Waals surface area contributed by atoms with Crippen LogP contribution in [0.4, 0.5) is 4.79 Å². The highest BCUT2D eigenvalue weighted by Crippen LogP contribution is 2.24. The Morgan fingerprint density at radius 1 is 1.27 bits per heavy atom. The van der Waals surface area contributed by atoms with Crippen LogP contribution in [-0.2, 0) is 27.1 Å². The third kappa shape index (κ3) is 5.95. The minimum atomic E-state index is -0.929. The zero-order valence-electron chi connectivity index (χ0n) is 17.8. The second-order valence-electron chi connectivity index (χ2n) is 8.63. The summed E-state index contributed by atoms with van der Waals surface area (Å²) >= 11 is 0. The van der Waals surface area contributed by atoms with Crippen LogP contribution in [0.5, 0.6) is 0 Å². The zero-order valence-corrected chi connectivity index (χ0v) is 17.8. The Morgan fingerprint density at radius 2 is 2.00 bits per heavy atom. The van der Waals surface area contributed by atoms with E-state index in [2.05, 4.69) is 5.16 Å². The maximum absolute atomic E-state index is 12.1. The van der Waals surface area contributed by atoms with Crippen molar-refractivity contribution < 1.29 is 28.7 Å². The number of piperidine rings is 1. The van der Waals surface area contributed by atoms with Crippen molar-refractivity contribution in [3.8, 4) is 0 Å². The molecule has 164 valence electrons. The molecule has 0 bridgehead atoms. The third-order valence-electron chi connectivity index (χ3n) is 5.01. The number of fused-ring (bicyclic) bond motifs is 1. The summed E-state index contributed by atoms with van der Waals surface area (Å²) in [5.41, 5.74) is 1.62. The number of nitrogens with zero attached hydrogens (tertiary/aromatic N) is 2. The van der Waals surface area contributed by atoms with Gasteiger partial charge in [0.05, 0.1) is 12.5 Å². The van der Waals surface area contributed by atoms with Gasteiger partial charge in [0, 0.05) is 25.1 Å². The fourth-order valence-corrected chi connectivity index (χ4v) is 3.58. The number of carbonyl (C=O) groups excluding carboxylic acids is 1. The van der Waals surface area contributed by atoms with Gasteiger partial charge in [-0.1, -0.05) is 17.3 Å². The number of likely N-dealkylation sites (tertiary alicyclic amines) is 1. The molecule has 1 fully saturated rings. The van der Waals surface area contributed by atoms with Crippen LogP contribution in [0.2, 0.25) is 0 Å². The van der Waals surface area contributed by atoms with Gasteiger partial charge < -0.3 is 24.0 Å². The van der Waals surface area contributed by atoms with E-state index in [1.54, 1.807) is 4.90 Å². The summed E-state index contributed by atoms with van der Waals surface area (Å²) in [7, 11) is 0. The average Bonchev–Trinajstić information content (AvgIpc) is 3.07. The molecule has 0 aliphatic carbocycles. The predicted molar refractivity (Wildman–Crippen MR) is 110 cm³/mol. The van der Waals surface area contributed by atoms with E-state index in [9.17, 15) is 9.59 Å². The number of rotatable bonds is 7. The number of ether oxygens (including phenoxy) is 2. The lowest BCUT2D eigenvalue weighted by Crippen LogP contribution is -2.43. The molecule has 1 N–H and O–H groups in total. The van der Waals surface area contributed by atoms with Crippen LogP contribution >= 0.6 is 0 Å². The SMILES string of the molecule is CC(C)(C)OC(=O)N1CCC(OCCCc2cccc3c(CC(=O)O)noc23)CC1. The number of carboxylic acids is 1. The van der Waals surface area contributed by atoms with Crippen LogP contribution in [-0.4, -0.2) is 58.6 Å². The maximum atomic E-state index is 12.1. The first-order valence-electron chi connectivity index (χ1n) is 10.4. The Labute approximate surface area is 176 Å². The topological polar surface area (TPSA) is 102 Å². The number of hydrogen-bond donors (Lipinski definition) is 1. The molecule has 8 heteroatoms.